The molecule has 0 saturated heterocycles. The van der Waals surface area contributed by atoms with E-state index in [1.54, 1.807) is 16.4 Å². The van der Waals surface area contributed by atoms with Crippen molar-refractivity contribution < 1.29 is 4.79 Å². The quantitative estimate of drug-likeness (QED) is 0.247. The Labute approximate surface area is 93.4 Å². The van der Waals surface area contributed by atoms with Gasteiger partial charge in [-0.05, 0) is 18.6 Å². The van der Waals surface area contributed by atoms with Crippen molar-refractivity contribution in [1.82, 2.24) is 15.2 Å². The molecule has 0 atom stereocenters. The molecule has 1 rings (SSSR count). The van der Waals surface area contributed by atoms with Crippen LogP contribution in [-0.4, -0.2) is 21.4 Å². The Morgan fingerprint density at radius 3 is 3.07 bits per heavy atom. The number of unbranched alkanes of at least 4 members (excludes halogenated alkanes) is 1. The molecule has 1 amide bonds. The van der Waals surface area contributed by atoms with Crippen molar-refractivity contribution in [3.05, 3.63) is 12.4 Å². The van der Waals surface area contributed by atoms with Crippen LogP contribution in [0.4, 0.5) is 0 Å². The smallest absolute Gasteiger partial charge is 0.233 e. The molecule has 0 radical (unpaired) electrons. The van der Waals surface area contributed by atoms with Crippen LogP contribution >= 0.6 is 11.8 Å². The summed E-state index contributed by atoms with van der Waals surface area (Å²) in [5, 5.41) is 4.07. The maximum atomic E-state index is 10.8. The lowest BCUT2D eigenvalue weighted by molar-refractivity contribution is -0.121. The molecule has 0 spiro atoms. The summed E-state index contributed by atoms with van der Waals surface area (Å²) in [5.41, 5.74) is 2.12. The average Bonchev–Trinajstić information content (AvgIpc) is 2.63. The molecule has 1 aromatic rings. The first-order valence-corrected chi connectivity index (χ1v) is 5.82. The van der Waals surface area contributed by atoms with Gasteiger partial charge in [0.1, 0.15) is 0 Å². The number of carbonyl (C=O) groups excluding carboxylic acids is 1. The molecule has 0 unspecified atom stereocenters. The number of rotatable bonds is 6. The highest BCUT2D eigenvalue weighted by molar-refractivity contribution is 7.99. The monoisotopic (exact) mass is 228 g/mol. The van der Waals surface area contributed by atoms with Crippen molar-refractivity contribution in [2.24, 2.45) is 12.9 Å². The number of carbonyl (C=O) groups is 1. The maximum absolute atomic E-state index is 10.8. The number of amides is 1. The summed E-state index contributed by atoms with van der Waals surface area (Å²) >= 11 is 1.75. The minimum atomic E-state index is -0.0959. The van der Waals surface area contributed by atoms with Crippen LogP contribution in [0.15, 0.2) is 17.3 Å². The van der Waals surface area contributed by atoms with Crippen LogP contribution in [0.25, 0.3) is 0 Å². The third-order valence-corrected chi connectivity index (χ3v) is 2.95. The number of nitrogens with one attached hydrogen (secondary N) is 1. The van der Waals surface area contributed by atoms with Gasteiger partial charge in [0.15, 0.2) is 0 Å². The Kier molecular flexibility index (Phi) is 5.20. The van der Waals surface area contributed by atoms with Gasteiger partial charge in [-0.25, -0.2) is 5.84 Å². The van der Waals surface area contributed by atoms with Crippen LogP contribution in [0.2, 0.25) is 0 Å². The van der Waals surface area contributed by atoms with Crippen molar-refractivity contribution in [3.63, 3.8) is 0 Å². The molecule has 0 aliphatic carbocycles. The van der Waals surface area contributed by atoms with Crippen LogP contribution in [-0.2, 0) is 11.8 Å². The predicted molar refractivity (Wildman–Crippen MR) is 60.1 cm³/mol. The number of nitrogens with two attached hydrogens (primary N) is 1. The standard InChI is InChI=1S/C9H16N4OS/c1-13-7-8(6-11-13)15-5-3-2-4-9(14)12-10/h6-7H,2-5,10H2,1H3,(H,12,14). The highest BCUT2D eigenvalue weighted by Crippen LogP contribution is 2.18. The first-order valence-electron chi connectivity index (χ1n) is 4.83. The summed E-state index contributed by atoms with van der Waals surface area (Å²) in [6.07, 6.45) is 6.21. The van der Waals surface area contributed by atoms with Gasteiger partial charge in [0.2, 0.25) is 5.91 Å². The topological polar surface area (TPSA) is 72.9 Å². The molecular weight excluding hydrogens is 212 g/mol. The lowest BCUT2D eigenvalue weighted by Crippen LogP contribution is -2.29. The molecule has 5 nitrogen and oxygen atoms in total. The summed E-state index contributed by atoms with van der Waals surface area (Å²) in [5.74, 6) is 5.87. The van der Waals surface area contributed by atoms with E-state index >= 15 is 0 Å². The fourth-order valence-electron chi connectivity index (χ4n) is 1.12. The van der Waals surface area contributed by atoms with Gasteiger partial charge in [-0.3, -0.25) is 14.9 Å². The molecule has 0 aliphatic rings. The van der Waals surface area contributed by atoms with Gasteiger partial charge in [-0.15, -0.1) is 11.8 Å². The number of hydrazine groups is 1. The van der Waals surface area contributed by atoms with Crippen LogP contribution in [0.3, 0.4) is 0 Å². The van der Waals surface area contributed by atoms with Gasteiger partial charge < -0.3 is 0 Å². The molecule has 84 valence electrons. The molecule has 1 aromatic heterocycles. The Hall–Kier alpha value is -1.01. The van der Waals surface area contributed by atoms with Crippen LogP contribution in [0.1, 0.15) is 19.3 Å². The lowest BCUT2D eigenvalue weighted by Gasteiger charge is -1.99. The third-order valence-electron chi connectivity index (χ3n) is 1.91. The van der Waals surface area contributed by atoms with Crippen molar-refractivity contribution >= 4 is 17.7 Å². The van der Waals surface area contributed by atoms with E-state index in [0.29, 0.717) is 6.42 Å². The van der Waals surface area contributed by atoms with E-state index in [1.165, 1.54) is 4.90 Å². The zero-order chi connectivity index (χ0) is 11.1. The molecule has 15 heavy (non-hydrogen) atoms. The fourth-order valence-corrected chi connectivity index (χ4v) is 2.06. The normalized spacial score (nSPS) is 10.3. The zero-order valence-corrected chi connectivity index (χ0v) is 9.59. The summed E-state index contributed by atoms with van der Waals surface area (Å²) in [6.45, 7) is 0. The zero-order valence-electron chi connectivity index (χ0n) is 8.77. The molecule has 0 saturated carbocycles. The molecule has 3 N–H and O–H groups in total. The van der Waals surface area contributed by atoms with E-state index in [2.05, 4.69) is 10.5 Å². The third kappa shape index (κ3) is 4.85. The SMILES string of the molecule is Cn1cc(SCCCCC(=O)NN)cn1. The van der Waals surface area contributed by atoms with Gasteiger partial charge in [-0.1, -0.05) is 0 Å². The van der Waals surface area contributed by atoms with Crippen LogP contribution in [0, 0.1) is 0 Å². The summed E-state index contributed by atoms with van der Waals surface area (Å²) in [6, 6.07) is 0. The second kappa shape index (κ2) is 6.47. The second-order valence-electron chi connectivity index (χ2n) is 3.22. The average molecular weight is 228 g/mol. The molecular formula is C9H16N4OS. The minimum absolute atomic E-state index is 0.0959. The Morgan fingerprint density at radius 2 is 2.47 bits per heavy atom. The van der Waals surface area contributed by atoms with E-state index < -0.39 is 0 Å². The van der Waals surface area contributed by atoms with Crippen molar-refractivity contribution in [1.29, 1.82) is 0 Å². The lowest BCUT2D eigenvalue weighted by atomic mass is 10.2. The van der Waals surface area contributed by atoms with Crippen molar-refractivity contribution in [2.45, 2.75) is 24.2 Å². The highest BCUT2D eigenvalue weighted by atomic mass is 32.2. The van der Waals surface area contributed by atoms with E-state index in [1.807, 2.05) is 19.4 Å². The molecule has 1 heterocycles. The second-order valence-corrected chi connectivity index (χ2v) is 4.39. The first-order chi connectivity index (χ1) is 7.22. The van der Waals surface area contributed by atoms with E-state index in [0.717, 1.165) is 18.6 Å². The highest BCUT2D eigenvalue weighted by Gasteiger charge is 1.99. The summed E-state index contributed by atoms with van der Waals surface area (Å²) in [7, 11) is 1.90. The Balaban J connectivity index is 2.05. The largest absolute Gasteiger partial charge is 0.294 e. The van der Waals surface area contributed by atoms with Crippen molar-refractivity contribution in [3.8, 4) is 0 Å². The van der Waals surface area contributed by atoms with Crippen molar-refractivity contribution in [2.75, 3.05) is 5.75 Å². The van der Waals surface area contributed by atoms with Gasteiger partial charge in [0.25, 0.3) is 0 Å². The van der Waals surface area contributed by atoms with E-state index in [4.69, 9.17) is 5.84 Å². The maximum Gasteiger partial charge on any atom is 0.233 e. The summed E-state index contributed by atoms with van der Waals surface area (Å²) < 4.78 is 1.78. The number of hydrogen-bond donors (Lipinski definition) is 2. The van der Waals surface area contributed by atoms with Gasteiger partial charge >= 0.3 is 0 Å². The molecule has 0 aliphatic heterocycles. The number of thioether (sulfide) groups is 1. The number of aromatic nitrogens is 2. The molecule has 6 heteroatoms. The molecule has 0 fully saturated rings. The number of hydrogen-bond acceptors (Lipinski definition) is 4. The fraction of sp³-hybridized carbons (Fsp3) is 0.556. The Morgan fingerprint density at radius 1 is 1.67 bits per heavy atom. The van der Waals surface area contributed by atoms with Gasteiger partial charge in [0, 0.05) is 24.6 Å². The number of nitrogens with zero attached hydrogens (tertiary/aromatic N) is 2. The minimum Gasteiger partial charge on any atom is -0.294 e. The van der Waals surface area contributed by atoms with Crippen LogP contribution in [0.5, 0.6) is 0 Å². The molecule has 0 bridgehead atoms. The van der Waals surface area contributed by atoms with Gasteiger partial charge in [-0.2, -0.15) is 5.10 Å². The van der Waals surface area contributed by atoms with Crippen LogP contribution < -0.4 is 11.3 Å². The first kappa shape index (κ1) is 12.1. The van der Waals surface area contributed by atoms with E-state index in [9.17, 15) is 4.79 Å². The predicted octanol–water partition coefficient (Wildman–Crippen LogP) is 0.672. The number of aryl methyl sites for hydroxylation is 1. The Bertz CT molecular complexity index is 313. The van der Waals surface area contributed by atoms with E-state index in [-0.39, 0.29) is 5.91 Å². The summed E-state index contributed by atoms with van der Waals surface area (Å²) in [4.78, 5) is 12.0. The van der Waals surface area contributed by atoms with Gasteiger partial charge in [0.05, 0.1) is 6.20 Å². The molecule has 0 aromatic carbocycles.